The minimum absolute atomic E-state index is 0.0699. The number of para-hydroxylation sites is 1. The van der Waals surface area contributed by atoms with Gasteiger partial charge in [0.15, 0.2) is 5.13 Å². The van der Waals surface area contributed by atoms with Gasteiger partial charge in [-0.15, -0.1) is 0 Å². The molecule has 6 rings (SSSR count). The standard InChI is InChI=1S/C32H33N5O2S/c38-29(24-11-5-2-6-12-24)37-30(39)27(21-23-9-3-1-4-10-23)35-31(37)34-25-17-15-22(16-18-25)19-20-33-32-36-26-13-7-8-14-28(26)40-32/h2,5-8,11-18,23,39H,1,3-4,9-10,19-21H2,(H,33,36)(H,34,35). The third-order valence-electron chi connectivity index (χ3n) is 7.55. The molecular weight excluding hydrogens is 518 g/mol. The number of hydrogen-bond acceptors (Lipinski definition) is 7. The second-order valence-electron chi connectivity index (χ2n) is 10.4. The maximum Gasteiger partial charge on any atom is 0.267 e. The second-order valence-corrected chi connectivity index (χ2v) is 11.4. The molecule has 3 aromatic carbocycles. The third kappa shape index (κ3) is 5.87. The van der Waals surface area contributed by atoms with Gasteiger partial charge >= 0.3 is 0 Å². The van der Waals surface area contributed by atoms with Crippen LogP contribution in [0.3, 0.4) is 0 Å². The quantitative estimate of drug-likeness (QED) is 0.177. The Kier molecular flexibility index (Phi) is 7.77. The molecule has 5 aromatic rings. The van der Waals surface area contributed by atoms with Gasteiger partial charge in [-0.2, -0.15) is 0 Å². The minimum atomic E-state index is -0.305. The Morgan fingerprint density at radius 2 is 1.68 bits per heavy atom. The molecule has 0 amide bonds. The topological polar surface area (TPSA) is 92.1 Å². The molecule has 204 valence electrons. The van der Waals surface area contributed by atoms with Gasteiger partial charge in [-0.3, -0.25) is 4.79 Å². The largest absolute Gasteiger partial charge is 0.493 e. The van der Waals surface area contributed by atoms with Crippen LogP contribution in [-0.2, 0) is 12.8 Å². The van der Waals surface area contributed by atoms with E-state index in [2.05, 4.69) is 33.8 Å². The Bertz CT molecular complexity index is 1550. The van der Waals surface area contributed by atoms with Gasteiger partial charge in [-0.05, 0) is 60.7 Å². The first-order valence-corrected chi connectivity index (χ1v) is 14.8. The molecule has 0 saturated heterocycles. The molecule has 2 aromatic heterocycles. The van der Waals surface area contributed by atoms with Crippen molar-refractivity contribution in [3.8, 4) is 5.88 Å². The first-order valence-electron chi connectivity index (χ1n) is 14.0. The van der Waals surface area contributed by atoms with Crippen molar-refractivity contribution in [3.63, 3.8) is 0 Å². The second kappa shape index (κ2) is 11.9. The molecule has 0 atom stereocenters. The number of nitrogens with zero attached hydrogens (tertiary/aromatic N) is 3. The number of anilines is 3. The highest BCUT2D eigenvalue weighted by Gasteiger charge is 2.25. The summed E-state index contributed by atoms with van der Waals surface area (Å²) in [5, 5.41) is 18.8. The molecule has 1 saturated carbocycles. The van der Waals surface area contributed by atoms with Crippen molar-refractivity contribution in [2.45, 2.75) is 44.9 Å². The molecule has 0 unspecified atom stereocenters. The minimum Gasteiger partial charge on any atom is -0.493 e. The van der Waals surface area contributed by atoms with E-state index in [-0.39, 0.29) is 11.8 Å². The monoisotopic (exact) mass is 551 g/mol. The maximum atomic E-state index is 13.4. The molecule has 0 aliphatic heterocycles. The Balaban J connectivity index is 1.16. The summed E-state index contributed by atoms with van der Waals surface area (Å²) < 4.78 is 2.49. The zero-order valence-corrected chi connectivity index (χ0v) is 23.2. The number of carbonyl (C=O) groups is 1. The Morgan fingerprint density at radius 3 is 2.45 bits per heavy atom. The number of carbonyl (C=O) groups excluding carboxylic acids is 1. The van der Waals surface area contributed by atoms with E-state index in [4.69, 9.17) is 4.98 Å². The molecule has 2 heterocycles. The fourth-order valence-electron chi connectivity index (χ4n) is 5.39. The highest BCUT2D eigenvalue weighted by Crippen LogP contribution is 2.33. The van der Waals surface area contributed by atoms with Crippen molar-refractivity contribution in [2.24, 2.45) is 5.92 Å². The van der Waals surface area contributed by atoms with Crippen LogP contribution in [0.4, 0.5) is 16.8 Å². The van der Waals surface area contributed by atoms with Crippen molar-refractivity contribution < 1.29 is 9.90 Å². The predicted molar refractivity (Wildman–Crippen MR) is 162 cm³/mol. The predicted octanol–water partition coefficient (Wildman–Crippen LogP) is 7.41. The van der Waals surface area contributed by atoms with Gasteiger partial charge in [0.1, 0.15) is 5.69 Å². The summed E-state index contributed by atoms with van der Waals surface area (Å²) in [6.45, 7) is 0.779. The SMILES string of the molecule is O=C(c1ccccc1)n1c(Nc2ccc(CCNc3nc4ccccc4s3)cc2)nc(CC2CCCCC2)c1O. The van der Waals surface area contributed by atoms with Crippen molar-refractivity contribution in [2.75, 3.05) is 17.2 Å². The number of nitrogens with one attached hydrogen (secondary N) is 2. The van der Waals surface area contributed by atoms with Crippen LogP contribution in [0.1, 0.15) is 53.7 Å². The van der Waals surface area contributed by atoms with Crippen LogP contribution in [0.15, 0.2) is 78.9 Å². The van der Waals surface area contributed by atoms with Gasteiger partial charge in [0.05, 0.1) is 10.2 Å². The fraction of sp³-hybridized carbons (Fsp3) is 0.281. The van der Waals surface area contributed by atoms with Gasteiger partial charge in [0, 0.05) is 17.8 Å². The number of benzene rings is 3. The number of hydrogen-bond donors (Lipinski definition) is 3. The van der Waals surface area contributed by atoms with E-state index < -0.39 is 0 Å². The molecule has 1 aliphatic carbocycles. The first-order chi connectivity index (χ1) is 19.6. The lowest BCUT2D eigenvalue weighted by Crippen LogP contribution is -2.14. The number of thiazole rings is 1. The maximum absolute atomic E-state index is 13.4. The zero-order valence-electron chi connectivity index (χ0n) is 22.3. The first kappa shape index (κ1) is 26.1. The molecule has 7 nitrogen and oxygen atoms in total. The zero-order chi connectivity index (χ0) is 27.3. The lowest BCUT2D eigenvalue weighted by atomic mass is 9.86. The van der Waals surface area contributed by atoms with Crippen LogP contribution >= 0.6 is 11.3 Å². The average molecular weight is 552 g/mol. The lowest BCUT2D eigenvalue weighted by Gasteiger charge is -2.20. The molecule has 3 N–H and O–H groups in total. The lowest BCUT2D eigenvalue weighted by molar-refractivity contribution is 0.0953. The summed E-state index contributed by atoms with van der Waals surface area (Å²) >= 11 is 1.66. The Labute approximate surface area is 237 Å². The molecule has 0 spiro atoms. The fourth-order valence-corrected chi connectivity index (χ4v) is 6.28. The smallest absolute Gasteiger partial charge is 0.267 e. The van der Waals surface area contributed by atoms with Gasteiger partial charge in [0.2, 0.25) is 11.8 Å². The van der Waals surface area contributed by atoms with E-state index in [0.29, 0.717) is 29.5 Å². The van der Waals surface area contributed by atoms with E-state index >= 15 is 0 Å². The van der Waals surface area contributed by atoms with E-state index in [1.54, 1.807) is 23.5 Å². The third-order valence-corrected chi connectivity index (χ3v) is 8.54. The number of rotatable bonds is 9. The molecular formula is C32H33N5O2S. The molecule has 0 radical (unpaired) electrons. The average Bonchev–Trinajstić information content (AvgIpc) is 3.54. The molecule has 0 bridgehead atoms. The van der Waals surface area contributed by atoms with Crippen LogP contribution in [0, 0.1) is 5.92 Å². The van der Waals surface area contributed by atoms with Crippen LogP contribution in [0.25, 0.3) is 10.2 Å². The number of aromatic nitrogens is 3. The highest BCUT2D eigenvalue weighted by atomic mass is 32.1. The van der Waals surface area contributed by atoms with Crippen LogP contribution in [0.2, 0.25) is 0 Å². The molecule has 40 heavy (non-hydrogen) atoms. The Hall–Kier alpha value is -4.17. The van der Waals surface area contributed by atoms with Gasteiger partial charge < -0.3 is 15.7 Å². The number of aromatic hydroxyl groups is 1. The van der Waals surface area contributed by atoms with Crippen molar-refractivity contribution in [1.82, 2.24) is 14.5 Å². The van der Waals surface area contributed by atoms with Gasteiger partial charge in [0.25, 0.3) is 5.91 Å². The Morgan fingerprint density at radius 1 is 0.925 bits per heavy atom. The normalized spacial score (nSPS) is 13.9. The molecule has 8 heteroatoms. The molecule has 1 fully saturated rings. The summed E-state index contributed by atoms with van der Waals surface area (Å²) in [7, 11) is 0. The molecule has 1 aliphatic rings. The van der Waals surface area contributed by atoms with E-state index in [1.807, 2.05) is 48.5 Å². The van der Waals surface area contributed by atoms with Crippen LogP contribution in [-0.4, -0.2) is 32.1 Å². The summed E-state index contributed by atoms with van der Waals surface area (Å²) in [5.41, 5.74) is 4.08. The van der Waals surface area contributed by atoms with Crippen molar-refractivity contribution in [3.05, 3.63) is 95.7 Å². The number of fused-ring (bicyclic) bond motifs is 1. The highest BCUT2D eigenvalue weighted by molar-refractivity contribution is 7.22. The van der Waals surface area contributed by atoms with Crippen molar-refractivity contribution >= 4 is 44.2 Å². The van der Waals surface area contributed by atoms with Crippen LogP contribution in [0.5, 0.6) is 5.88 Å². The van der Waals surface area contributed by atoms with E-state index in [9.17, 15) is 9.90 Å². The van der Waals surface area contributed by atoms with Crippen molar-refractivity contribution in [1.29, 1.82) is 0 Å². The summed E-state index contributed by atoms with van der Waals surface area (Å²) in [6.07, 6.45) is 7.49. The van der Waals surface area contributed by atoms with Gasteiger partial charge in [-0.1, -0.05) is 85.9 Å². The number of imidazole rings is 1. The summed E-state index contributed by atoms with van der Waals surface area (Å²) in [6, 6.07) is 25.3. The summed E-state index contributed by atoms with van der Waals surface area (Å²) in [5.74, 6) is 0.445. The van der Waals surface area contributed by atoms with E-state index in [1.165, 1.54) is 34.1 Å². The summed E-state index contributed by atoms with van der Waals surface area (Å²) in [4.78, 5) is 22.8. The van der Waals surface area contributed by atoms with Gasteiger partial charge in [-0.25, -0.2) is 14.5 Å². The van der Waals surface area contributed by atoms with E-state index in [0.717, 1.165) is 42.1 Å². The van der Waals surface area contributed by atoms with Crippen LogP contribution < -0.4 is 10.6 Å².